The minimum absolute atomic E-state index is 0.102. The van der Waals surface area contributed by atoms with Gasteiger partial charge in [-0.2, -0.15) is 0 Å². The molecule has 1 heterocycles. The number of rotatable bonds is 6. The highest BCUT2D eigenvalue weighted by Gasteiger charge is 2.14. The van der Waals surface area contributed by atoms with E-state index in [0.717, 1.165) is 12.1 Å². The Morgan fingerprint density at radius 1 is 1.41 bits per heavy atom. The average Bonchev–Trinajstić information content (AvgIpc) is 2.93. The molecule has 0 saturated carbocycles. The first-order valence-corrected chi connectivity index (χ1v) is 6.76. The molecule has 0 fully saturated rings. The van der Waals surface area contributed by atoms with Crippen LogP contribution < -0.4 is 0 Å². The summed E-state index contributed by atoms with van der Waals surface area (Å²) in [6.45, 7) is 0.158. The number of nitrogens with zero attached hydrogens (tertiary/aromatic N) is 2. The van der Waals surface area contributed by atoms with Gasteiger partial charge in [0.15, 0.2) is 11.7 Å². The fourth-order valence-corrected chi connectivity index (χ4v) is 1.92. The molecule has 0 unspecified atom stereocenters. The van der Waals surface area contributed by atoms with Crippen LogP contribution >= 0.6 is 0 Å². The Balaban J connectivity index is 2.01. The van der Waals surface area contributed by atoms with Crippen LogP contribution in [0.1, 0.15) is 12.3 Å². The molecule has 22 heavy (non-hydrogen) atoms. The minimum Gasteiger partial charge on any atom is -0.441 e. The predicted octanol–water partition coefficient (Wildman–Crippen LogP) is 2.00. The fraction of sp³-hybridized carbons (Fsp3) is 0.333. The van der Waals surface area contributed by atoms with Crippen LogP contribution in [0.25, 0.3) is 11.3 Å². The summed E-state index contributed by atoms with van der Waals surface area (Å²) in [5.74, 6) is -1.07. The summed E-state index contributed by atoms with van der Waals surface area (Å²) in [5, 5.41) is 8.76. The Morgan fingerprint density at radius 2 is 2.18 bits per heavy atom. The van der Waals surface area contributed by atoms with Gasteiger partial charge in [-0.3, -0.25) is 4.79 Å². The van der Waals surface area contributed by atoms with E-state index in [1.54, 1.807) is 7.05 Å². The highest BCUT2D eigenvalue weighted by molar-refractivity contribution is 5.76. The van der Waals surface area contributed by atoms with Gasteiger partial charge in [0.25, 0.3) is 0 Å². The van der Waals surface area contributed by atoms with E-state index in [0.29, 0.717) is 5.89 Å². The van der Waals surface area contributed by atoms with E-state index >= 15 is 0 Å². The number of likely N-dealkylation sites (N-methyl/N-ethyl adjacent to an activating group) is 1. The van der Waals surface area contributed by atoms with Gasteiger partial charge in [0.05, 0.1) is 18.4 Å². The number of aromatic nitrogens is 1. The third-order valence-electron chi connectivity index (χ3n) is 3.16. The highest BCUT2D eigenvalue weighted by Crippen LogP contribution is 2.24. The number of aliphatic hydroxyl groups is 1. The van der Waals surface area contributed by atoms with Crippen LogP contribution in [0, 0.1) is 11.6 Å². The van der Waals surface area contributed by atoms with Gasteiger partial charge in [-0.15, -0.1) is 0 Å². The van der Waals surface area contributed by atoms with Gasteiger partial charge < -0.3 is 14.4 Å². The van der Waals surface area contributed by atoms with Gasteiger partial charge in [-0.25, -0.2) is 13.8 Å². The molecule has 1 aromatic carbocycles. The minimum atomic E-state index is -0.735. The van der Waals surface area contributed by atoms with Crippen LogP contribution in [0.4, 0.5) is 8.78 Å². The van der Waals surface area contributed by atoms with E-state index < -0.39 is 11.6 Å². The number of aryl methyl sites for hydroxylation is 1. The Labute approximate surface area is 126 Å². The second-order valence-corrected chi connectivity index (χ2v) is 4.78. The molecule has 0 saturated heterocycles. The molecule has 0 aliphatic rings. The van der Waals surface area contributed by atoms with Crippen molar-refractivity contribution < 1.29 is 23.1 Å². The number of aliphatic hydroxyl groups excluding tert-OH is 1. The Hall–Kier alpha value is -2.28. The zero-order valence-corrected chi connectivity index (χ0v) is 12.1. The van der Waals surface area contributed by atoms with Gasteiger partial charge in [0, 0.05) is 32.5 Å². The van der Waals surface area contributed by atoms with Gasteiger partial charge in [-0.1, -0.05) is 0 Å². The molecule has 0 spiro atoms. The highest BCUT2D eigenvalue weighted by atomic mass is 19.1. The molecule has 118 valence electrons. The number of carbonyl (C=O) groups excluding carboxylic acids is 1. The lowest BCUT2D eigenvalue weighted by molar-refractivity contribution is -0.130. The van der Waals surface area contributed by atoms with Gasteiger partial charge in [0.2, 0.25) is 5.91 Å². The van der Waals surface area contributed by atoms with Crippen LogP contribution in [0.2, 0.25) is 0 Å². The number of carbonyl (C=O) groups is 1. The molecule has 0 aliphatic heterocycles. The maximum absolute atomic E-state index is 13.6. The van der Waals surface area contributed by atoms with Crippen LogP contribution in [-0.2, 0) is 11.2 Å². The van der Waals surface area contributed by atoms with Crippen molar-refractivity contribution in [1.82, 2.24) is 9.88 Å². The largest absolute Gasteiger partial charge is 0.441 e. The van der Waals surface area contributed by atoms with Gasteiger partial charge in [-0.05, 0) is 12.1 Å². The number of hydrogen-bond acceptors (Lipinski definition) is 4. The summed E-state index contributed by atoms with van der Waals surface area (Å²) in [6, 6.07) is 3.17. The third kappa shape index (κ3) is 3.88. The van der Waals surface area contributed by atoms with E-state index in [1.807, 2.05) is 0 Å². The standard InChI is InChI=1S/C15H16F2N2O3/c1-19(6-7-20)15(21)5-4-14-18-9-13(22-14)11-3-2-10(16)8-12(11)17/h2-3,8-9,20H,4-7H2,1H3. The maximum Gasteiger partial charge on any atom is 0.222 e. The fourth-order valence-electron chi connectivity index (χ4n) is 1.92. The summed E-state index contributed by atoms with van der Waals surface area (Å²) in [7, 11) is 1.59. The molecular weight excluding hydrogens is 294 g/mol. The topological polar surface area (TPSA) is 66.6 Å². The molecule has 0 atom stereocenters. The van der Waals surface area contributed by atoms with E-state index in [1.165, 1.54) is 17.2 Å². The number of benzene rings is 1. The van der Waals surface area contributed by atoms with Crippen molar-refractivity contribution in [3.05, 3.63) is 41.9 Å². The summed E-state index contributed by atoms with van der Waals surface area (Å²) in [5.41, 5.74) is 0.115. The molecule has 5 nitrogen and oxygen atoms in total. The average molecular weight is 310 g/mol. The monoisotopic (exact) mass is 310 g/mol. The van der Waals surface area contributed by atoms with E-state index in [-0.39, 0.29) is 43.2 Å². The molecule has 7 heteroatoms. The van der Waals surface area contributed by atoms with Gasteiger partial charge in [0.1, 0.15) is 11.6 Å². The van der Waals surface area contributed by atoms with Crippen LogP contribution in [-0.4, -0.2) is 41.1 Å². The van der Waals surface area contributed by atoms with Crippen molar-refractivity contribution >= 4 is 5.91 Å². The van der Waals surface area contributed by atoms with Crippen molar-refractivity contribution in [1.29, 1.82) is 0 Å². The zero-order valence-electron chi connectivity index (χ0n) is 12.1. The van der Waals surface area contributed by atoms with E-state index in [2.05, 4.69) is 4.98 Å². The second kappa shape index (κ2) is 7.13. The van der Waals surface area contributed by atoms with Crippen LogP contribution in [0.5, 0.6) is 0 Å². The Bertz CT molecular complexity index is 658. The lowest BCUT2D eigenvalue weighted by Crippen LogP contribution is -2.29. The summed E-state index contributed by atoms with van der Waals surface area (Å²) in [4.78, 5) is 17.1. The quantitative estimate of drug-likeness (QED) is 0.886. The van der Waals surface area contributed by atoms with Crippen molar-refractivity contribution in [3.8, 4) is 11.3 Å². The first-order chi connectivity index (χ1) is 10.5. The normalized spacial score (nSPS) is 10.7. The Morgan fingerprint density at radius 3 is 2.86 bits per heavy atom. The first-order valence-electron chi connectivity index (χ1n) is 6.76. The van der Waals surface area contributed by atoms with Crippen LogP contribution in [0.3, 0.4) is 0 Å². The number of halogens is 2. The maximum atomic E-state index is 13.6. The number of amides is 1. The zero-order chi connectivity index (χ0) is 16.1. The molecule has 2 rings (SSSR count). The first kappa shape index (κ1) is 16.1. The van der Waals surface area contributed by atoms with E-state index in [4.69, 9.17) is 9.52 Å². The van der Waals surface area contributed by atoms with Crippen molar-refractivity contribution in [2.75, 3.05) is 20.2 Å². The molecule has 0 aliphatic carbocycles. The van der Waals surface area contributed by atoms with Crippen LogP contribution in [0.15, 0.2) is 28.8 Å². The smallest absolute Gasteiger partial charge is 0.222 e. The third-order valence-corrected chi connectivity index (χ3v) is 3.16. The van der Waals surface area contributed by atoms with Crippen molar-refractivity contribution in [3.63, 3.8) is 0 Å². The number of hydrogen-bond donors (Lipinski definition) is 1. The second-order valence-electron chi connectivity index (χ2n) is 4.78. The molecule has 0 bridgehead atoms. The van der Waals surface area contributed by atoms with E-state index in [9.17, 15) is 13.6 Å². The van der Waals surface area contributed by atoms with Gasteiger partial charge >= 0.3 is 0 Å². The molecule has 1 amide bonds. The lowest BCUT2D eigenvalue weighted by Gasteiger charge is -2.14. The molecule has 1 N–H and O–H groups in total. The number of oxazole rings is 1. The molecule has 1 aromatic heterocycles. The molecular formula is C15H16F2N2O3. The predicted molar refractivity (Wildman–Crippen MR) is 74.9 cm³/mol. The lowest BCUT2D eigenvalue weighted by atomic mass is 10.2. The molecule has 2 aromatic rings. The summed E-state index contributed by atoms with van der Waals surface area (Å²) >= 11 is 0. The van der Waals surface area contributed by atoms with Crippen molar-refractivity contribution in [2.24, 2.45) is 0 Å². The SMILES string of the molecule is CN(CCO)C(=O)CCc1ncc(-c2ccc(F)cc2F)o1. The van der Waals surface area contributed by atoms with Crippen molar-refractivity contribution in [2.45, 2.75) is 12.8 Å². The summed E-state index contributed by atoms with van der Waals surface area (Å²) < 4.78 is 31.9. The summed E-state index contributed by atoms with van der Waals surface area (Å²) in [6.07, 6.45) is 1.77. The molecule has 0 radical (unpaired) electrons. The Kier molecular flexibility index (Phi) is 5.21.